The molecule has 3 rings (SSSR count). The summed E-state index contributed by atoms with van der Waals surface area (Å²) in [5, 5.41) is 0. The van der Waals surface area contributed by atoms with Crippen LogP contribution in [0.15, 0.2) is 12.2 Å². The Morgan fingerprint density at radius 1 is 1.57 bits per heavy atom. The fourth-order valence-corrected chi connectivity index (χ4v) is 3.70. The summed E-state index contributed by atoms with van der Waals surface area (Å²) in [5.74, 6) is -1.16. The predicted molar refractivity (Wildman–Crippen MR) is 76.4 cm³/mol. The molecule has 0 unspecified atom stereocenters. The maximum atomic E-state index is 12.7. The van der Waals surface area contributed by atoms with Gasteiger partial charge in [0.25, 0.3) is 0 Å². The number of hydrogen-bond donors (Lipinski definition) is 0. The SMILES string of the molecule is CCCCN1C[C@@]23C=C[C@@H](O2)[C@@H](C(=O)OC(C)C)[C@H]3C1=O. The molecule has 3 heterocycles. The minimum absolute atomic E-state index is 0.0426. The largest absolute Gasteiger partial charge is 0.463 e. The smallest absolute Gasteiger partial charge is 0.313 e. The van der Waals surface area contributed by atoms with E-state index in [9.17, 15) is 9.59 Å². The summed E-state index contributed by atoms with van der Waals surface area (Å²) in [6.45, 7) is 7.05. The number of ether oxygens (including phenoxy) is 2. The van der Waals surface area contributed by atoms with Crippen LogP contribution in [0, 0.1) is 11.8 Å². The van der Waals surface area contributed by atoms with Crippen LogP contribution in [0.1, 0.15) is 33.6 Å². The number of fused-ring (bicyclic) bond motifs is 1. The van der Waals surface area contributed by atoms with Gasteiger partial charge in [-0.15, -0.1) is 0 Å². The van der Waals surface area contributed by atoms with Crippen LogP contribution in [0.25, 0.3) is 0 Å². The Bertz CT molecular complexity index is 487. The average Bonchev–Trinajstić information content (AvgIpc) is 3.04. The molecule has 0 saturated carbocycles. The highest BCUT2D eigenvalue weighted by Crippen LogP contribution is 2.52. The number of carbonyl (C=O) groups excluding carboxylic acids is 2. The summed E-state index contributed by atoms with van der Waals surface area (Å²) in [4.78, 5) is 26.9. The molecule has 4 atom stereocenters. The van der Waals surface area contributed by atoms with E-state index in [4.69, 9.17) is 9.47 Å². The monoisotopic (exact) mass is 293 g/mol. The fourth-order valence-electron chi connectivity index (χ4n) is 3.70. The topological polar surface area (TPSA) is 55.8 Å². The molecule has 1 amide bonds. The van der Waals surface area contributed by atoms with Crippen LogP contribution in [0.5, 0.6) is 0 Å². The number of carbonyl (C=O) groups is 2. The molecule has 0 N–H and O–H groups in total. The first-order valence-electron chi connectivity index (χ1n) is 7.85. The Morgan fingerprint density at radius 3 is 3.00 bits per heavy atom. The number of rotatable bonds is 5. The van der Waals surface area contributed by atoms with Crippen molar-refractivity contribution in [2.45, 2.75) is 51.4 Å². The lowest BCUT2D eigenvalue weighted by atomic mass is 9.77. The van der Waals surface area contributed by atoms with Crippen molar-refractivity contribution < 1.29 is 19.1 Å². The normalized spacial score (nSPS) is 36.7. The lowest BCUT2D eigenvalue weighted by Crippen LogP contribution is -2.40. The van der Waals surface area contributed by atoms with Gasteiger partial charge in [-0.05, 0) is 20.3 Å². The number of hydrogen-bond acceptors (Lipinski definition) is 4. The molecule has 0 aliphatic carbocycles. The first kappa shape index (κ1) is 14.6. The molecule has 2 bridgehead atoms. The number of likely N-dealkylation sites (tertiary alicyclic amines) is 1. The zero-order valence-corrected chi connectivity index (χ0v) is 12.9. The van der Waals surface area contributed by atoms with E-state index in [1.165, 1.54) is 0 Å². The molecule has 3 aliphatic heterocycles. The van der Waals surface area contributed by atoms with Crippen LogP contribution in [-0.4, -0.2) is 47.7 Å². The van der Waals surface area contributed by atoms with Crippen molar-refractivity contribution in [2.75, 3.05) is 13.1 Å². The molecule has 2 saturated heterocycles. The molecule has 116 valence electrons. The van der Waals surface area contributed by atoms with Crippen molar-refractivity contribution >= 4 is 11.9 Å². The Morgan fingerprint density at radius 2 is 2.33 bits per heavy atom. The van der Waals surface area contributed by atoms with Gasteiger partial charge < -0.3 is 14.4 Å². The van der Waals surface area contributed by atoms with Crippen molar-refractivity contribution in [1.82, 2.24) is 4.90 Å². The maximum Gasteiger partial charge on any atom is 0.313 e. The minimum Gasteiger partial charge on any atom is -0.463 e. The quantitative estimate of drug-likeness (QED) is 0.569. The Balaban J connectivity index is 1.82. The second-order valence-corrected chi connectivity index (χ2v) is 6.50. The lowest BCUT2D eigenvalue weighted by molar-refractivity contribution is -0.157. The van der Waals surface area contributed by atoms with Crippen molar-refractivity contribution in [1.29, 1.82) is 0 Å². The summed E-state index contributed by atoms with van der Waals surface area (Å²) in [6, 6.07) is 0. The zero-order valence-electron chi connectivity index (χ0n) is 12.9. The summed E-state index contributed by atoms with van der Waals surface area (Å²) in [5.41, 5.74) is -0.601. The van der Waals surface area contributed by atoms with E-state index in [0.717, 1.165) is 19.4 Å². The predicted octanol–water partition coefficient (Wildman–Crippen LogP) is 1.52. The van der Waals surface area contributed by atoms with Crippen LogP contribution < -0.4 is 0 Å². The van der Waals surface area contributed by atoms with E-state index in [-0.39, 0.29) is 24.1 Å². The molecule has 1 spiro atoms. The molecule has 21 heavy (non-hydrogen) atoms. The van der Waals surface area contributed by atoms with Crippen LogP contribution in [0.2, 0.25) is 0 Å². The molecule has 0 aromatic heterocycles. The number of nitrogens with zero attached hydrogens (tertiary/aromatic N) is 1. The van der Waals surface area contributed by atoms with Crippen LogP contribution >= 0.6 is 0 Å². The third kappa shape index (κ3) is 2.18. The van der Waals surface area contributed by atoms with Crippen LogP contribution in [-0.2, 0) is 19.1 Å². The van der Waals surface area contributed by atoms with Gasteiger partial charge in [0.15, 0.2) is 0 Å². The maximum absolute atomic E-state index is 12.7. The fraction of sp³-hybridized carbons (Fsp3) is 0.750. The van der Waals surface area contributed by atoms with E-state index in [2.05, 4.69) is 6.92 Å². The highest BCUT2D eigenvalue weighted by atomic mass is 16.6. The molecule has 5 nitrogen and oxygen atoms in total. The molecular formula is C16H23NO4. The molecular weight excluding hydrogens is 270 g/mol. The molecule has 5 heteroatoms. The van der Waals surface area contributed by atoms with Crippen LogP contribution in [0.4, 0.5) is 0 Å². The third-order valence-electron chi connectivity index (χ3n) is 4.58. The van der Waals surface area contributed by atoms with Crippen molar-refractivity contribution in [3.8, 4) is 0 Å². The average molecular weight is 293 g/mol. The van der Waals surface area contributed by atoms with E-state index < -0.39 is 17.4 Å². The highest BCUT2D eigenvalue weighted by Gasteiger charge is 2.67. The summed E-state index contributed by atoms with van der Waals surface area (Å²) >= 11 is 0. The van der Waals surface area contributed by atoms with E-state index in [0.29, 0.717) is 6.54 Å². The van der Waals surface area contributed by atoms with Gasteiger partial charge in [0.2, 0.25) is 5.91 Å². The van der Waals surface area contributed by atoms with Gasteiger partial charge in [-0.3, -0.25) is 9.59 Å². The Hall–Kier alpha value is -1.36. The molecule has 0 aromatic rings. The molecule has 0 aromatic carbocycles. The summed E-state index contributed by atoms with van der Waals surface area (Å²) in [6.07, 6.45) is 5.43. The summed E-state index contributed by atoms with van der Waals surface area (Å²) in [7, 11) is 0. The van der Waals surface area contributed by atoms with Gasteiger partial charge in [-0.2, -0.15) is 0 Å². The molecule has 3 aliphatic rings. The molecule has 0 radical (unpaired) electrons. The van der Waals surface area contributed by atoms with E-state index in [1.807, 2.05) is 30.9 Å². The zero-order chi connectivity index (χ0) is 15.2. The lowest BCUT2D eigenvalue weighted by Gasteiger charge is -2.23. The van der Waals surface area contributed by atoms with Gasteiger partial charge in [-0.1, -0.05) is 25.5 Å². The van der Waals surface area contributed by atoms with E-state index >= 15 is 0 Å². The summed E-state index contributed by atoms with van der Waals surface area (Å²) < 4.78 is 11.3. The van der Waals surface area contributed by atoms with Crippen molar-refractivity contribution in [2.24, 2.45) is 11.8 Å². The first-order chi connectivity index (χ1) is 9.98. The second-order valence-electron chi connectivity index (χ2n) is 6.50. The van der Waals surface area contributed by atoms with E-state index in [1.54, 1.807) is 0 Å². The van der Waals surface area contributed by atoms with Gasteiger partial charge >= 0.3 is 5.97 Å². The number of unbranched alkanes of at least 4 members (excludes halogenated alkanes) is 1. The number of amides is 1. The van der Waals surface area contributed by atoms with Gasteiger partial charge in [0, 0.05) is 6.54 Å². The second kappa shape index (κ2) is 5.13. The first-order valence-corrected chi connectivity index (χ1v) is 7.85. The van der Waals surface area contributed by atoms with Gasteiger partial charge in [0.1, 0.15) is 11.5 Å². The Kier molecular flexibility index (Phi) is 3.56. The standard InChI is InChI=1S/C16H23NO4/c1-4-5-8-17-9-16-7-6-11(21-16)12(13(16)14(17)18)15(19)20-10(2)3/h6-7,10-13H,4-5,8-9H2,1-3H3/t11-,12-,13+,16-/m1/s1. The van der Waals surface area contributed by atoms with Crippen molar-refractivity contribution in [3.63, 3.8) is 0 Å². The Labute approximate surface area is 125 Å². The minimum atomic E-state index is -0.601. The van der Waals surface area contributed by atoms with Crippen molar-refractivity contribution in [3.05, 3.63) is 12.2 Å². The van der Waals surface area contributed by atoms with Gasteiger partial charge in [-0.25, -0.2) is 0 Å². The van der Waals surface area contributed by atoms with Crippen LogP contribution in [0.3, 0.4) is 0 Å². The molecule has 2 fully saturated rings. The third-order valence-corrected chi connectivity index (χ3v) is 4.58. The highest BCUT2D eigenvalue weighted by molar-refractivity contribution is 5.91. The number of esters is 1. The van der Waals surface area contributed by atoms with Gasteiger partial charge in [0.05, 0.1) is 24.7 Å².